The first-order valence-electron chi connectivity index (χ1n) is 8.18. The fourth-order valence-corrected chi connectivity index (χ4v) is 2.66. The Bertz CT molecular complexity index is 948. The van der Waals surface area contributed by atoms with Crippen LogP contribution in [-0.4, -0.2) is 37.1 Å². The van der Waals surface area contributed by atoms with Gasteiger partial charge in [-0.3, -0.25) is 4.79 Å². The molecule has 3 N–H and O–H groups in total. The number of nitrogens with one attached hydrogen (secondary N) is 2. The second kappa shape index (κ2) is 6.70. The van der Waals surface area contributed by atoms with Crippen molar-refractivity contribution in [1.82, 2.24) is 19.9 Å². The molecule has 8 heteroatoms. The van der Waals surface area contributed by atoms with E-state index in [4.69, 9.17) is 5.11 Å². The van der Waals surface area contributed by atoms with Crippen molar-refractivity contribution >= 4 is 22.8 Å². The van der Waals surface area contributed by atoms with Gasteiger partial charge in [0, 0.05) is 29.4 Å². The summed E-state index contributed by atoms with van der Waals surface area (Å²) in [6, 6.07) is 2.74. The molecule has 0 saturated heterocycles. The quantitative estimate of drug-likeness (QED) is 0.646. The van der Waals surface area contributed by atoms with E-state index in [1.807, 2.05) is 20.8 Å². The molecule has 0 saturated carbocycles. The SMILES string of the molecule is CC(C)(C)C(CC(=O)O)Nc1ccnc(-c2c[nH]c3ncc(F)cc23)n1. The molecule has 1 atom stereocenters. The molecular formula is C18H20FN5O2. The van der Waals surface area contributed by atoms with Crippen molar-refractivity contribution in [3.05, 3.63) is 36.5 Å². The van der Waals surface area contributed by atoms with E-state index in [0.29, 0.717) is 28.2 Å². The molecule has 0 amide bonds. The van der Waals surface area contributed by atoms with E-state index in [1.165, 1.54) is 6.07 Å². The molecule has 0 radical (unpaired) electrons. The van der Waals surface area contributed by atoms with Gasteiger partial charge in [0.25, 0.3) is 0 Å². The third-order valence-electron chi connectivity index (χ3n) is 4.14. The van der Waals surface area contributed by atoms with Crippen LogP contribution >= 0.6 is 0 Å². The number of halogens is 1. The number of aromatic nitrogens is 4. The Kier molecular flexibility index (Phi) is 4.58. The van der Waals surface area contributed by atoms with Gasteiger partial charge in [-0.1, -0.05) is 20.8 Å². The summed E-state index contributed by atoms with van der Waals surface area (Å²) in [4.78, 5) is 26.8. The fourth-order valence-electron chi connectivity index (χ4n) is 2.66. The summed E-state index contributed by atoms with van der Waals surface area (Å²) in [6.45, 7) is 5.89. The van der Waals surface area contributed by atoms with Crippen LogP contribution in [0, 0.1) is 11.2 Å². The topological polar surface area (TPSA) is 104 Å². The van der Waals surface area contributed by atoms with Gasteiger partial charge in [-0.25, -0.2) is 19.3 Å². The smallest absolute Gasteiger partial charge is 0.305 e. The molecule has 0 aliphatic heterocycles. The molecule has 0 spiro atoms. The molecule has 0 aliphatic rings. The maximum atomic E-state index is 13.5. The van der Waals surface area contributed by atoms with Gasteiger partial charge in [-0.15, -0.1) is 0 Å². The predicted octanol–water partition coefficient (Wildman–Crippen LogP) is 3.46. The lowest BCUT2D eigenvalue weighted by Crippen LogP contribution is -2.36. The molecule has 26 heavy (non-hydrogen) atoms. The number of H-pyrrole nitrogens is 1. The van der Waals surface area contributed by atoms with Crippen LogP contribution in [0.2, 0.25) is 0 Å². The Morgan fingerprint density at radius 1 is 1.38 bits per heavy atom. The molecule has 3 aromatic heterocycles. The van der Waals surface area contributed by atoms with E-state index >= 15 is 0 Å². The minimum atomic E-state index is -0.884. The molecule has 3 heterocycles. The summed E-state index contributed by atoms with van der Waals surface area (Å²) < 4.78 is 13.5. The minimum Gasteiger partial charge on any atom is -0.481 e. The van der Waals surface area contributed by atoms with Gasteiger partial charge in [-0.2, -0.15) is 0 Å². The monoisotopic (exact) mass is 357 g/mol. The molecule has 136 valence electrons. The summed E-state index contributed by atoms with van der Waals surface area (Å²) in [6.07, 6.45) is 4.36. The van der Waals surface area contributed by atoms with Crippen LogP contribution in [0.15, 0.2) is 30.7 Å². The first-order chi connectivity index (χ1) is 12.2. The van der Waals surface area contributed by atoms with Gasteiger partial charge in [0.1, 0.15) is 17.3 Å². The highest BCUT2D eigenvalue weighted by Crippen LogP contribution is 2.28. The zero-order valence-electron chi connectivity index (χ0n) is 14.7. The molecule has 3 rings (SSSR count). The van der Waals surface area contributed by atoms with Crippen molar-refractivity contribution in [2.75, 3.05) is 5.32 Å². The van der Waals surface area contributed by atoms with Gasteiger partial charge in [0.15, 0.2) is 5.82 Å². The van der Waals surface area contributed by atoms with Crippen LogP contribution in [0.4, 0.5) is 10.2 Å². The number of anilines is 1. The van der Waals surface area contributed by atoms with Crippen molar-refractivity contribution in [3.8, 4) is 11.4 Å². The Morgan fingerprint density at radius 3 is 2.85 bits per heavy atom. The molecule has 0 aliphatic carbocycles. The second-order valence-electron chi connectivity index (χ2n) is 7.18. The number of rotatable bonds is 5. The second-order valence-corrected chi connectivity index (χ2v) is 7.18. The van der Waals surface area contributed by atoms with Crippen molar-refractivity contribution in [2.24, 2.45) is 5.41 Å². The number of carboxylic acids is 1. The van der Waals surface area contributed by atoms with Crippen molar-refractivity contribution in [1.29, 1.82) is 0 Å². The number of aromatic amines is 1. The van der Waals surface area contributed by atoms with Crippen LogP contribution < -0.4 is 5.32 Å². The lowest BCUT2D eigenvalue weighted by atomic mass is 9.85. The zero-order valence-corrected chi connectivity index (χ0v) is 14.7. The lowest BCUT2D eigenvalue weighted by Gasteiger charge is -2.30. The highest BCUT2D eigenvalue weighted by molar-refractivity contribution is 5.91. The maximum Gasteiger partial charge on any atom is 0.305 e. The Balaban J connectivity index is 1.94. The number of carboxylic acid groups (broad SMARTS) is 1. The average molecular weight is 357 g/mol. The third-order valence-corrected chi connectivity index (χ3v) is 4.14. The predicted molar refractivity (Wildman–Crippen MR) is 96.2 cm³/mol. The van der Waals surface area contributed by atoms with E-state index in [9.17, 15) is 9.18 Å². The Morgan fingerprint density at radius 2 is 2.15 bits per heavy atom. The highest BCUT2D eigenvalue weighted by atomic mass is 19.1. The number of hydrogen-bond donors (Lipinski definition) is 3. The molecule has 3 aromatic rings. The van der Waals surface area contributed by atoms with E-state index in [-0.39, 0.29) is 17.9 Å². The molecule has 0 aromatic carbocycles. The highest BCUT2D eigenvalue weighted by Gasteiger charge is 2.27. The number of aliphatic carboxylic acids is 1. The fraction of sp³-hybridized carbons (Fsp3) is 0.333. The first-order valence-corrected chi connectivity index (χ1v) is 8.18. The van der Waals surface area contributed by atoms with Crippen LogP contribution in [0.5, 0.6) is 0 Å². The summed E-state index contributed by atoms with van der Waals surface area (Å²) in [7, 11) is 0. The average Bonchev–Trinajstić information content (AvgIpc) is 2.96. The number of carbonyl (C=O) groups is 1. The van der Waals surface area contributed by atoms with Gasteiger partial charge < -0.3 is 15.4 Å². The Labute approximate surface area is 149 Å². The van der Waals surface area contributed by atoms with Crippen LogP contribution in [0.25, 0.3) is 22.4 Å². The van der Waals surface area contributed by atoms with E-state index < -0.39 is 11.8 Å². The van der Waals surface area contributed by atoms with Gasteiger partial charge in [0.05, 0.1) is 12.6 Å². The minimum absolute atomic E-state index is 0.0367. The number of fused-ring (bicyclic) bond motifs is 1. The van der Waals surface area contributed by atoms with Crippen LogP contribution in [0.3, 0.4) is 0 Å². The van der Waals surface area contributed by atoms with Crippen molar-refractivity contribution < 1.29 is 14.3 Å². The maximum absolute atomic E-state index is 13.5. The summed E-state index contributed by atoms with van der Waals surface area (Å²) in [5.41, 5.74) is 0.889. The number of pyridine rings is 1. The van der Waals surface area contributed by atoms with Gasteiger partial charge in [-0.05, 0) is 17.5 Å². The number of hydrogen-bond acceptors (Lipinski definition) is 5. The largest absolute Gasteiger partial charge is 0.481 e. The third kappa shape index (κ3) is 3.79. The standard InChI is InChI=1S/C18H20FN5O2/c1-18(2,3)13(7-15(25)26)23-14-4-5-20-17(24-14)12-9-22-16-11(12)6-10(19)8-21-16/h4-6,8-9,13H,7H2,1-3H3,(H,21,22)(H,25,26)(H,20,23,24). The molecule has 1 unspecified atom stereocenters. The van der Waals surface area contributed by atoms with Gasteiger partial charge >= 0.3 is 5.97 Å². The summed E-state index contributed by atoms with van der Waals surface area (Å²) >= 11 is 0. The van der Waals surface area contributed by atoms with E-state index in [1.54, 1.807) is 18.5 Å². The Hall–Kier alpha value is -3.03. The molecular weight excluding hydrogens is 337 g/mol. The molecule has 0 bridgehead atoms. The number of nitrogens with zero attached hydrogens (tertiary/aromatic N) is 3. The van der Waals surface area contributed by atoms with E-state index in [2.05, 4.69) is 25.3 Å². The van der Waals surface area contributed by atoms with Gasteiger partial charge in [0.2, 0.25) is 0 Å². The summed E-state index contributed by atoms with van der Waals surface area (Å²) in [5.74, 6) is -0.418. The molecule has 0 fully saturated rings. The lowest BCUT2D eigenvalue weighted by molar-refractivity contribution is -0.137. The normalized spacial score (nSPS) is 12.9. The molecule has 7 nitrogen and oxygen atoms in total. The van der Waals surface area contributed by atoms with E-state index in [0.717, 1.165) is 6.20 Å². The van der Waals surface area contributed by atoms with Crippen molar-refractivity contribution in [2.45, 2.75) is 33.2 Å². The van der Waals surface area contributed by atoms with Crippen LogP contribution in [0.1, 0.15) is 27.2 Å². The van der Waals surface area contributed by atoms with Crippen LogP contribution in [-0.2, 0) is 4.79 Å². The first kappa shape index (κ1) is 17.8. The van der Waals surface area contributed by atoms with Crippen molar-refractivity contribution in [3.63, 3.8) is 0 Å². The zero-order chi connectivity index (χ0) is 18.9. The summed E-state index contributed by atoms with van der Waals surface area (Å²) in [5, 5.41) is 12.9.